The van der Waals surface area contributed by atoms with Crippen molar-refractivity contribution in [3.8, 4) is 0 Å². The van der Waals surface area contributed by atoms with Gasteiger partial charge in [-0.3, -0.25) is 4.90 Å². The van der Waals surface area contributed by atoms with Gasteiger partial charge in [-0.05, 0) is 32.2 Å². The van der Waals surface area contributed by atoms with Crippen LogP contribution in [-0.4, -0.2) is 61.5 Å². The SMILES string of the molecule is CCCNC1CCOCC1CN(CCO)C1CC1. The Labute approximate surface area is 111 Å². The van der Waals surface area contributed by atoms with Crippen molar-refractivity contribution in [2.75, 3.05) is 39.5 Å². The van der Waals surface area contributed by atoms with Crippen LogP contribution in [0.5, 0.6) is 0 Å². The van der Waals surface area contributed by atoms with E-state index < -0.39 is 0 Å². The lowest BCUT2D eigenvalue weighted by Crippen LogP contribution is -2.48. The van der Waals surface area contributed by atoms with Crippen LogP contribution in [0.15, 0.2) is 0 Å². The summed E-state index contributed by atoms with van der Waals surface area (Å²) in [5.74, 6) is 0.581. The predicted octanol–water partition coefficient (Wildman–Crippen LogP) is 0.848. The summed E-state index contributed by atoms with van der Waals surface area (Å²) in [5, 5.41) is 12.8. The van der Waals surface area contributed by atoms with E-state index in [9.17, 15) is 0 Å². The maximum absolute atomic E-state index is 9.16. The van der Waals surface area contributed by atoms with Gasteiger partial charge < -0.3 is 15.2 Å². The van der Waals surface area contributed by atoms with Crippen LogP contribution < -0.4 is 5.32 Å². The molecule has 4 nitrogen and oxygen atoms in total. The highest BCUT2D eigenvalue weighted by Crippen LogP contribution is 2.28. The molecule has 4 heteroatoms. The minimum atomic E-state index is 0.275. The summed E-state index contributed by atoms with van der Waals surface area (Å²) in [7, 11) is 0. The van der Waals surface area contributed by atoms with Crippen molar-refractivity contribution in [1.82, 2.24) is 10.2 Å². The fraction of sp³-hybridized carbons (Fsp3) is 1.00. The molecule has 0 aromatic rings. The highest BCUT2D eigenvalue weighted by molar-refractivity contribution is 4.89. The monoisotopic (exact) mass is 256 g/mol. The molecular formula is C14H28N2O2. The predicted molar refractivity (Wildman–Crippen MR) is 72.7 cm³/mol. The Morgan fingerprint density at radius 3 is 2.83 bits per heavy atom. The quantitative estimate of drug-likeness (QED) is 0.676. The molecule has 18 heavy (non-hydrogen) atoms. The molecule has 106 valence electrons. The second-order valence-corrected chi connectivity index (χ2v) is 5.63. The molecule has 1 saturated heterocycles. The Hall–Kier alpha value is -0.160. The van der Waals surface area contributed by atoms with Crippen LogP contribution in [-0.2, 0) is 4.74 Å². The van der Waals surface area contributed by atoms with Crippen molar-refractivity contribution in [3.63, 3.8) is 0 Å². The number of rotatable bonds is 8. The third-order valence-electron chi connectivity index (χ3n) is 4.05. The Kier molecular flexibility index (Phi) is 5.89. The van der Waals surface area contributed by atoms with E-state index in [1.165, 1.54) is 19.3 Å². The third kappa shape index (κ3) is 4.19. The molecule has 0 aromatic heterocycles. The molecule has 2 atom stereocenters. The second kappa shape index (κ2) is 7.43. The molecule has 1 aliphatic carbocycles. The highest BCUT2D eigenvalue weighted by atomic mass is 16.5. The molecule has 2 rings (SSSR count). The smallest absolute Gasteiger partial charge is 0.0558 e. The summed E-state index contributed by atoms with van der Waals surface area (Å²) < 4.78 is 5.64. The zero-order valence-corrected chi connectivity index (χ0v) is 11.6. The van der Waals surface area contributed by atoms with Crippen molar-refractivity contribution in [3.05, 3.63) is 0 Å². The maximum Gasteiger partial charge on any atom is 0.0558 e. The van der Waals surface area contributed by atoms with E-state index in [0.29, 0.717) is 12.0 Å². The largest absolute Gasteiger partial charge is 0.395 e. The van der Waals surface area contributed by atoms with E-state index in [1.807, 2.05) is 0 Å². The molecule has 0 amide bonds. The van der Waals surface area contributed by atoms with Crippen LogP contribution in [0.2, 0.25) is 0 Å². The minimum Gasteiger partial charge on any atom is -0.395 e. The van der Waals surface area contributed by atoms with Crippen LogP contribution in [0.4, 0.5) is 0 Å². The Morgan fingerprint density at radius 1 is 1.33 bits per heavy atom. The molecule has 0 spiro atoms. The van der Waals surface area contributed by atoms with Gasteiger partial charge in [0, 0.05) is 37.7 Å². The van der Waals surface area contributed by atoms with E-state index in [-0.39, 0.29) is 6.61 Å². The molecule has 2 N–H and O–H groups in total. The summed E-state index contributed by atoms with van der Waals surface area (Å²) >= 11 is 0. The van der Waals surface area contributed by atoms with Crippen molar-refractivity contribution in [2.45, 2.75) is 44.7 Å². The molecule has 1 heterocycles. The molecule has 0 radical (unpaired) electrons. The summed E-state index contributed by atoms with van der Waals surface area (Å²) in [4.78, 5) is 2.46. The number of aliphatic hydroxyl groups excluding tert-OH is 1. The maximum atomic E-state index is 9.16. The number of nitrogens with one attached hydrogen (secondary N) is 1. The first kappa shape index (κ1) is 14.3. The van der Waals surface area contributed by atoms with Crippen LogP contribution in [0, 0.1) is 5.92 Å². The van der Waals surface area contributed by atoms with Gasteiger partial charge in [-0.25, -0.2) is 0 Å². The molecule has 2 unspecified atom stereocenters. The van der Waals surface area contributed by atoms with Gasteiger partial charge in [-0.15, -0.1) is 0 Å². The Morgan fingerprint density at radius 2 is 2.17 bits per heavy atom. The van der Waals surface area contributed by atoms with Crippen LogP contribution in [0.1, 0.15) is 32.6 Å². The van der Waals surface area contributed by atoms with Crippen molar-refractivity contribution >= 4 is 0 Å². The lowest BCUT2D eigenvalue weighted by molar-refractivity contribution is 0.0132. The van der Waals surface area contributed by atoms with Gasteiger partial charge >= 0.3 is 0 Å². The van der Waals surface area contributed by atoms with Gasteiger partial charge in [-0.2, -0.15) is 0 Å². The lowest BCUT2D eigenvalue weighted by Gasteiger charge is -2.36. The molecule has 1 aliphatic heterocycles. The lowest BCUT2D eigenvalue weighted by atomic mass is 9.94. The molecule has 2 aliphatic rings. The van der Waals surface area contributed by atoms with E-state index in [1.54, 1.807) is 0 Å². The van der Waals surface area contributed by atoms with Gasteiger partial charge in [0.1, 0.15) is 0 Å². The zero-order chi connectivity index (χ0) is 12.8. The van der Waals surface area contributed by atoms with E-state index >= 15 is 0 Å². The van der Waals surface area contributed by atoms with Gasteiger partial charge in [-0.1, -0.05) is 6.92 Å². The Balaban J connectivity index is 1.82. The zero-order valence-electron chi connectivity index (χ0n) is 11.6. The number of aliphatic hydroxyl groups is 1. The second-order valence-electron chi connectivity index (χ2n) is 5.63. The van der Waals surface area contributed by atoms with Gasteiger partial charge in [0.25, 0.3) is 0 Å². The molecule has 1 saturated carbocycles. The molecule has 2 fully saturated rings. The van der Waals surface area contributed by atoms with Gasteiger partial charge in [0.2, 0.25) is 0 Å². The van der Waals surface area contributed by atoms with Gasteiger partial charge in [0.15, 0.2) is 0 Å². The first-order valence-electron chi connectivity index (χ1n) is 7.51. The van der Waals surface area contributed by atoms with Crippen LogP contribution in [0.3, 0.4) is 0 Å². The molecular weight excluding hydrogens is 228 g/mol. The molecule has 0 aromatic carbocycles. The summed E-state index contributed by atoms with van der Waals surface area (Å²) in [6, 6.07) is 1.32. The summed E-state index contributed by atoms with van der Waals surface area (Å²) in [6.07, 6.45) is 4.93. The molecule has 0 bridgehead atoms. The van der Waals surface area contributed by atoms with Crippen molar-refractivity contribution in [1.29, 1.82) is 0 Å². The summed E-state index contributed by atoms with van der Waals surface area (Å²) in [5.41, 5.74) is 0. The number of ether oxygens (including phenoxy) is 1. The average molecular weight is 256 g/mol. The third-order valence-corrected chi connectivity index (χ3v) is 4.05. The Bertz CT molecular complexity index is 234. The fourth-order valence-corrected chi connectivity index (χ4v) is 2.87. The first-order valence-corrected chi connectivity index (χ1v) is 7.51. The van der Waals surface area contributed by atoms with Crippen LogP contribution >= 0.6 is 0 Å². The van der Waals surface area contributed by atoms with Crippen molar-refractivity contribution in [2.24, 2.45) is 5.92 Å². The fourth-order valence-electron chi connectivity index (χ4n) is 2.87. The van der Waals surface area contributed by atoms with Crippen LogP contribution in [0.25, 0.3) is 0 Å². The van der Waals surface area contributed by atoms with E-state index in [4.69, 9.17) is 9.84 Å². The van der Waals surface area contributed by atoms with E-state index in [0.717, 1.165) is 45.3 Å². The van der Waals surface area contributed by atoms with E-state index in [2.05, 4.69) is 17.1 Å². The van der Waals surface area contributed by atoms with Crippen molar-refractivity contribution < 1.29 is 9.84 Å². The number of hydrogen-bond donors (Lipinski definition) is 2. The number of nitrogens with zero attached hydrogens (tertiary/aromatic N) is 1. The normalized spacial score (nSPS) is 28.8. The standard InChI is InChI=1S/C14H28N2O2/c1-2-6-15-14-5-9-18-11-12(14)10-16(7-8-17)13-3-4-13/h12-15,17H,2-11H2,1H3. The first-order chi connectivity index (χ1) is 8.85. The van der Waals surface area contributed by atoms with Gasteiger partial charge in [0.05, 0.1) is 13.2 Å². The number of hydrogen-bond acceptors (Lipinski definition) is 4. The average Bonchev–Trinajstić information content (AvgIpc) is 3.21. The minimum absolute atomic E-state index is 0.275. The highest BCUT2D eigenvalue weighted by Gasteiger charge is 2.33. The summed E-state index contributed by atoms with van der Waals surface area (Å²) in [6.45, 7) is 7.25. The topological polar surface area (TPSA) is 44.7 Å².